The second-order valence-electron chi connectivity index (χ2n) is 3.41. The number of aryl methyl sites for hydroxylation is 1. The second kappa shape index (κ2) is 3.28. The van der Waals surface area contributed by atoms with Crippen molar-refractivity contribution < 1.29 is 0 Å². The second-order valence-corrected chi connectivity index (χ2v) is 3.78. The molecule has 2 aliphatic rings. The molecule has 0 aromatic carbocycles. The Balaban J connectivity index is 3.04. The molecule has 0 saturated carbocycles. The fraction of sp³-hybridized carbons (Fsp3) is 0.182. The van der Waals surface area contributed by atoms with Crippen LogP contribution in [0.25, 0.3) is 24.4 Å². The Morgan fingerprint density at radius 3 is 2.80 bits per heavy atom. The summed E-state index contributed by atoms with van der Waals surface area (Å²) < 4.78 is 1.60. The third kappa shape index (κ3) is 1.31. The summed E-state index contributed by atoms with van der Waals surface area (Å²) in [5, 5.41) is 1.61. The molecule has 2 aliphatic heterocycles. The molecule has 0 aromatic rings. The lowest BCUT2D eigenvalue weighted by atomic mass is 10.2. The molecule has 3 nitrogen and oxygen atoms in total. The molecule has 0 saturated heterocycles. The highest BCUT2D eigenvalue weighted by Gasteiger charge is 2.16. The molecule has 0 atom stereocenters. The Kier molecular flexibility index (Phi) is 2.20. The van der Waals surface area contributed by atoms with E-state index in [2.05, 4.69) is 18.1 Å². The number of rotatable bonds is 1. The number of hydrogen-bond acceptors (Lipinski definition) is 1. The maximum Gasteiger partial charge on any atom is 0.261 e. The van der Waals surface area contributed by atoms with Gasteiger partial charge in [0.05, 0.1) is 16.3 Å². The monoisotopic (exact) mass is 222 g/mol. The quantitative estimate of drug-likeness (QED) is 0.761. The van der Waals surface area contributed by atoms with Crippen LogP contribution in [0, 0.1) is 0 Å². The summed E-state index contributed by atoms with van der Waals surface area (Å²) in [5.41, 5.74) is 1.12. The largest absolute Gasteiger partial charge is 0.354 e. The van der Waals surface area contributed by atoms with Crippen LogP contribution in [-0.4, -0.2) is 9.55 Å². The van der Waals surface area contributed by atoms with Gasteiger partial charge in [-0.25, -0.2) is 0 Å². The van der Waals surface area contributed by atoms with E-state index in [0.29, 0.717) is 33.4 Å². The van der Waals surface area contributed by atoms with E-state index in [1.54, 1.807) is 10.8 Å². The molecule has 15 heavy (non-hydrogen) atoms. The zero-order chi connectivity index (χ0) is 11.2. The average molecular weight is 223 g/mol. The van der Waals surface area contributed by atoms with Crippen molar-refractivity contribution in [2.45, 2.75) is 13.5 Å². The topological polar surface area (TPSA) is 37.8 Å². The first-order valence-corrected chi connectivity index (χ1v) is 5.02. The van der Waals surface area contributed by atoms with E-state index in [0.717, 1.165) is 0 Å². The van der Waals surface area contributed by atoms with Crippen molar-refractivity contribution in [3.63, 3.8) is 0 Å². The van der Waals surface area contributed by atoms with Gasteiger partial charge in [-0.2, -0.15) is 0 Å². The zero-order valence-corrected chi connectivity index (χ0v) is 9.19. The number of hydrogen-bond donors (Lipinski definition) is 1. The molecule has 0 amide bonds. The van der Waals surface area contributed by atoms with Gasteiger partial charge in [0.1, 0.15) is 0 Å². The summed E-state index contributed by atoms with van der Waals surface area (Å²) in [6.07, 6.45) is 1.75. The fourth-order valence-electron chi connectivity index (χ4n) is 1.60. The van der Waals surface area contributed by atoms with Crippen LogP contribution >= 0.6 is 11.6 Å². The summed E-state index contributed by atoms with van der Waals surface area (Å²) >= 11 is 6.07. The van der Waals surface area contributed by atoms with Crippen LogP contribution in [0.15, 0.2) is 11.0 Å². The Hall–Kier alpha value is -1.48. The van der Waals surface area contributed by atoms with Gasteiger partial charge in [0.2, 0.25) is 0 Å². The fourth-order valence-corrected chi connectivity index (χ4v) is 1.90. The van der Waals surface area contributed by atoms with Gasteiger partial charge >= 0.3 is 0 Å². The standard InChI is InChI=1S/C11H11ClN2O/c1-4-14-5-8-9(11(14)15)10(12)6(2)7(3)13-8/h5,13H,2-4H2,1H3. The molecule has 2 rings (SSSR count). The lowest BCUT2D eigenvalue weighted by Crippen LogP contribution is -2.29. The first-order valence-electron chi connectivity index (χ1n) is 4.64. The minimum Gasteiger partial charge on any atom is -0.354 e. The van der Waals surface area contributed by atoms with Gasteiger partial charge in [-0.1, -0.05) is 24.8 Å². The Morgan fingerprint density at radius 1 is 1.53 bits per heavy atom. The highest BCUT2D eigenvalue weighted by atomic mass is 35.5. The van der Waals surface area contributed by atoms with E-state index in [1.165, 1.54) is 0 Å². The van der Waals surface area contributed by atoms with Crippen LogP contribution in [0.3, 0.4) is 0 Å². The third-order valence-electron chi connectivity index (χ3n) is 2.50. The van der Waals surface area contributed by atoms with Crippen molar-refractivity contribution in [1.29, 1.82) is 0 Å². The molecule has 0 spiro atoms. The number of pyridine rings is 1. The summed E-state index contributed by atoms with van der Waals surface area (Å²) in [5.74, 6) is 0. The molecule has 0 bridgehead atoms. The van der Waals surface area contributed by atoms with Crippen LogP contribution in [0.5, 0.6) is 0 Å². The highest BCUT2D eigenvalue weighted by Crippen LogP contribution is 2.19. The molecule has 1 N–H and O–H groups in total. The van der Waals surface area contributed by atoms with Gasteiger partial charge in [-0.05, 0) is 6.92 Å². The van der Waals surface area contributed by atoms with Crippen LogP contribution < -0.4 is 16.1 Å². The highest BCUT2D eigenvalue weighted by molar-refractivity contribution is 6.33. The predicted molar refractivity (Wildman–Crippen MR) is 62.7 cm³/mol. The van der Waals surface area contributed by atoms with Gasteiger partial charge < -0.3 is 9.55 Å². The third-order valence-corrected chi connectivity index (χ3v) is 2.92. The maximum atomic E-state index is 11.9. The van der Waals surface area contributed by atoms with Crippen molar-refractivity contribution in [2.75, 3.05) is 0 Å². The van der Waals surface area contributed by atoms with Gasteiger partial charge in [0, 0.05) is 23.3 Å². The molecule has 0 aromatic heterocycles. The van der Waals surface area contributed by atoms with E-state index >= 15 is 0 Å². The van der Waals surface area contributed by atoms with Crippen LogP contribution in [0.1, 0.15) is 6.92 Å². The number of nitrogens with one attached hydrogen (secondary N) is 1. The maximum absolute atomic E-state index is 11.9. The van der Waals surface area contributed by atoms with Crippen LogP contribution in [0.2, 0.25) is 5.02 Å². The van der Waals surface area contributed by atoms with Crippen molar-refractivity contribution in [2.24, 2.45) is 0 Å². The smallest absolute Gasteiger partial charge is 0.261 e. The van der Waals surface area contributed by atoms with Crippen LogP contribution in [0.4, 0.5) is 0 Å². The van der Waals surface area contributed by atoms with Crippen molar-refractivity contribution in [1.82, 2.24) is 9.55 Å². The van der Waals surface area contributed by atoms with Crippen molar-refractivity contribution in [3.8, 4) is 11.3 Å². The van der Waals surface area contributed by atoms with E-state index < -0.39 is 0 Å². The van der Waals surface area contributed by atoms with E-state index in [-0.39, 0.29) is 5.56 Å². The summed E-state index contributed by atoms with van der Waals surface area (Å²) in [6.45, 7) is 10.1. The van der Waals surface area contributed by atoms with Gasteiger partial charge in [0.15, 0.2) is 0 Å². The molecular weight excluding hydrogens is 212 g/mol. The Morgan fingerprint density at radius 2 is 2.20 bits per heavy atom. The summed E-state index contributed by atoms with van der Waals surface area (Å²) in [7, 11) is 0. The van der Waals surface area contributed by atoms with E-state index in [1.807, 2.05) is 6.92 Å². The lowest BCUT2D eigenvalue weighted by Gasteiger charge is -2.00. The molecule has 0 radical (unpaired) electrons. The lowest BCUT2D eigenvalue weighted by molar-refractivity contribution is 0.745. The Labute approximate surface area is 91.7 Å². The van der Waals surface area contributed by atoms with E-state index in [9.17, 15) is 4.79 Å². The minimum absolute atomic E-state index is 0.0846. The van der Waals surface area contributed by atoms with E-state index in [4.69, 9.17) is 11.6 Å². The minimum atomic E-state index is -0.0846. The first kappa shape index (κ1) is 10.1. The number of fused-ring (bicyclic) bond motifs is 1. The van der Waals surface area contributed by atoms with Crippen LogP contribution in [-0.2, 0) is 6.54 Å². The number of H-pyrrole nitrogens is 1. The number of aromatic nitrogens is 2. The molecule has 4 heteroatoms. The number of halogens is 1. The number of nitrogens with zero attached hydrogens (tertiary/aromatic N) is 1. The number of aromatic amines is 1. The summed E-state index contributed by atoms with van der Waals surface area (Å²) in [4.78, 5) is 14.9. The zero-order valence-electron chi connectivity index (χ0n) is 8.43. The first-order chi connectivity index (χ1) is 7.06. The predicted octanol–water partition coefficient (Wildman–Crippen LogP) is 0.775. The average Bonchev–Trinajstić information content (AvgIpc) is 2.52. The molecule has 0 unspecified atom stereocenters. The van der Waals surface area contributed by atoms with Gasteiger partial charge in [-0.3, -0.25) is 4.79 Å². The molecule has 78 valence electrons. The van der Waals surface area contributed by atoms with Gasteiger partial charge in [0.25, 0.3) is 5.56 Å². The Bertz CT molecular complexity index is 638. The SMILES string of the molecule is C=c1[nH]c2cn(CC)c(=O)c-2c(Cl)c1=C. The normalized spacial score (nSPS) is 11.1. The van der Waals surface area contributed by atoms with Crippen molar-refractivity contribution >= 4 is 24.8 Å². The molecular formula is C11H11ClN2O. The molecule has 2 heterocycles. The molecule has 0 aliphatic carbocycles. The van der Waals surface area contributed by atoms with Gasteiger partial charge in [-0.15, -0.1) is 0 Å². The van der Waals surface area contributed by atoms with Crippen molar-refractivity contribution in [3.05, 3.63) is 32.1 Å². The molecule has 0 fully saturated rings. The summed E-state index contributed by atoms with van der Waals surface area (Å²) in [6, 6.07) is 0.